The van der Waals surface area contributed by atoms with Crippen molar-refractivity contribution in [2.75, 3.05) is 19.9 Å². The number of esters is 1. The molecule has 3 atom stereocenters. The largest absolute Gasteiger partial charge is 0.493 e. The number of halogens is 1. The Morgan fingerprint density at radius 3 is 2.69 bits per heavy atom. The first-order valence-electron chi connectivity index (χ1n) is 10.2. The first-order chi connectivity index (χ1) is 15.6. The van der Waals surface area contributed by atoms with Crippen LogP contribution in [0.5, 0.6) is 17.2 Å². The molecule has 3 aliphatic heterocycles. The molecule has 0 amide bonds. The molecular formula is C23H20FNO7. The van der Waals surface area contributed by atoms with Crippen molar-refractivity contribution in [3.05, 3.63) is 66.0 Å². The molecule has 2 bridgehead atoms. The summed E-state index contributed by atoms with van der Waals surface area (Å²) < 4.78 is 35.9. The highest BCUT2D eigenvalue weighted by Gasteiger charge is 2.45. The summed E-state index contributed by atoms with van der Waals surface area (Å²) in [6.45, 7) is 0.599. The molecule has 0 aromatic heterocycles. The molecule has 3 heterocycles. The van der Waals surface area contributed by atoms with Crippen LogP contribution in [-0.4, -0.2) is 43.2 Å². The second kappa shape index (κ2) is 8.51. The fourth-order valence-corrected chi connectivity index (χ4v) is 4.21. The number of rotatable bonds is 4. The number of hydrogen-bond acceptors (Lipinski definition) is 8. The van der Waals surface area contributed by atoms with Crippen LogP contribution in [0.3, 0.4) is 0 Å². The van der Waals surface area contributed by atoms with Crippen LogP contribution in [0.25, 0.3) is 0 Å². The third-order valence-electron chi connectivity index (χ3n) is 5.71. The molecule has 166 valence electrons. The van der Waals surface area contributed by atoms with Gasteiger partial charge in [0, 0.05) is 24.8 Å². The van der Waals surface area contributed by atoms with Crippen molar-refractivity contribution in [3.63, 3.8) is 0 Å². The van der Waals surface area contributed by atoms with Crippen LogP contribution in [0.2, 0.25) is 0 Å². The van der Waals surface area contributed by atoms with Crippen molar-refractivity contribution in [1.29, 1.82) is 0 Å². The molecule has 8 nitrogen and oxygen atoms in total. The fraction of sp³-hybridized carbons (Fsp3) is 0.304. The first-order valence-corrected chi connectivity index (χ1v) is 10.2. The predicted octanol–water partition coefficient (Wildman–Crippen LogP) is 2.94. The van der Waals surface area contributed by atoms with Crippen molar-refractivity contribution in [2.45, 2.75) is 18.6 Å². The number of hydrogen-bond donors (Lipinski definition) is 0. The van der Waals surface area contributed by atoms with Crippen LogP contribution in [-0.2, 0) is 19.2 Å². The number of nitrogens with zero attached hydrogens (tertiary/aromatic N) is 1. The molecule has 3 unspecified atom stereocenters. The molecule has 2 aromatic rings. The number of ether oxygens (including phenoxy) is 4. The molecule has 9 heteroatoms. The Balaban J connectivity index is 1.47. The zero-order valence-corrected chi connectivity index (χ0v) is 16.9. The highest BCUT2D eigenvalue weighted by atomic mass is 19.1. The van der Waals surface area contributed by atoms with E-state index in [1.54, 1.807) is 0 Å². The van der Waals surface area contributed by atoms with Gasteiger partial charge in [-0.1, -0.05) is 11.1 Å². The lowest BCUT2D eigenvalue weighted by atomic mass is 9.79. The Labute approximate surface area is 183 Å². The molecule has 0 aliphatic carbocycles. The smallest absolute Gasteiger partial charge is 0.350 e. The van der Waals surface area contributed by atoms with Crippen molar-refractivity contribution in [3.8, 4) is 17.2 Å². The summed E-state index contributed by atoms with van der Waals surface area (Å²) in [6, 6.07) is 11.3. The number of piperidine rings is 1. The summed E-state index contributed by atoms with van der Waals surface area (Å²) in [7, 11) is 0. The van der Waals surface area contributed by atoms with Gasteiger partial charge in [0.2, 0.25) is 6.79 Å². The second-order valence-corrected chi connectivity index (χ2v) is 7.64. The van der Waals surface area contributed by atoms with Gasteiger partial charge in [0.15, 0.2) is 6.23 Å². The average Bonchev–Trinajstić information content (AvgIpc) is 2.78. The van der Waals surface area contributed by atoms with E-state index in [0.717, 1.165) is 17.7 Å². The monoisotopic (exact) mass is 441 g/mol. The Kier molecular flexibility index (Phi) is 5.40. The Hall–Kier alpha value is -3.59. The maximum absolute atomic E-state index is 13.3. The summed E-state index contributed by atoms with van der Waals surface area (Å²) in [4.78, 5) is 29.6. The van der Waals surface area contributed by atoms with E-state index in [0.29, 0.717) is 30.2 Å². The summed E-state index contributed by atoms with van der Waals surface area (Å²) in [5.41, 5.74) is 0.921. The topological polar surface area (TPSA) is 83.5 Å². The Bertz CT molecular complexity index is 1050. The molecule has 32 heavy (non-hydrogen) atoms. The maximum Gasteiger partial charge on any atom is 0.350 e. The summed E-state index contributed by atoms with van der Waals surface area (Å²) in [6.07, 6.45) is 1.80. The van der Waals surface area contributed by atoms with Crippen LogP contribution in [0.15, 0.2) is 54.6 Å². The maximum atomic E-state index is 13.3. The fourth-order valence-electron chi connectivity index (χ4n) is 4.21. The molecule has 5 rings (SSSR count). The quantitative estimate of drug-likeness (QED) is 0.670. The molecule has 0 radical (unpaired) electrons. The molecule has 0 saturated carbocycles. The van der Waals surface area contributed by atoms with Gasteiger partial charge >= 0.3 is 11.9 Å². The zero-order valence-electron chi connectivity index (χ0n) is 16.9. The minimum atomic E-state index is -0.873. The summed E-state index contributed by atoms with van der Waals surface area (Å²) in [5.74, 6) is -0.341. The summed E-state index contributed by atoms with van der Waals surface area (Å²) in [5, 5.41) is 1.38. The van der Waals surface area contributed by atoms with Crippen molar-refractivity contribution < 1.29 is 37.8 Å². The minimum Gasteiger partial charge on any atom is -0.493 e. The van der Waals surface area contributed by atoms with Crippen LogP contribution in [0.4, 0.5) is 4.39 Å². The van der Waals surface area contributed by atoms with Gasteiger partial charge in [-0.25, -0.2) is 14.0 Å². The molecule has 3 aliphatic rings. The molecular weight excluding hydrogens is 421 g/mol. The second-order valence-electron chi connectivity index (χ2n) is 7.64. The van der Waals surface area contributed by atoms with Crippen LogP contribution in [0, 0.1) is 11.7 Å². The molecule has 2 aromatic carbocycles. The van der Waals surface area contributed by atoms with Crippen LogP contribution in [0.1, 0.15) is 17.9 Å². The van der Waals surface area contributed by atoms with E-state index >= 15 is 0 Å². The summed E-state index contributed by atoms with van der Waals surface area (Å²) >= 11 is 0. The minimum absolute atomic E-state index is 0.116. The number of hydroxylamine groups is 2. The zero-order chi connectivity index (χ0) is 22.1. The van der Waals surface area contributed by atoms with E-state index in [9.17, 15) is 14.0 Å². The first kappa shape index (κ1) is 20.3. The molecule has 0 N–H and O–H groups in total. The highest BCUT2D eigenvalue weighted by molar-refractivity contribution is 5.92. The molecule has 1 saturated heterocycles. The van der Waals surface area contributed by atoms with E-state index in [-0.39, 0.29) is 25.1 Å². The van der Waals surface area contributed by atoms with Crippen molar-refractivity contribution in [2.24, 2.45) is 5.92 Å². The SMILES string of the molecule is O=C1/C=C\C(=O)ON2CCC(c3ccc4cc3OCO4)C(COc3ccc(F)cc3)C2O1. The van der Waals surface area contributed by atoms with Gasteiger partial charge in [-0.05, 0) is 48.2 Å². The highest BCUT2D eigenvalue weighted by Crippen LogP contribution is 2.43. The lowest BCUT2D eigenvalue weighted by Crippen LogP contribution is -2.53. The third kappa shape index (κ3) is 4.11. The van der Waals surface area contributed by atoms with Gasteiger partial charge in [0.1, 0.15) is 23.1 Å². The van der Waals surface area contributed by atoms with E-state index in [1.807, 2.05) is 18.2 Å². The van der Waals surface area contributed by atoms with Gasteiger partial charge in [0.25, 0.3) is 0 Å². The number of fused-ring (bicyclic) bond motifs is 3. The van der Waals surface area contributed by atoms with E-state index in [2.05, 4.69) is 0 Å². The van der Waals surface area contributed by atoms with Gasteiger partial charge in [0.05, 0.1) is 12.5 Å². The molecule has 1 fully saturated rings. The number of carbonyl (C=O) groups is 2. The van der Waals surface area contributed by atoms with E-state index in [1.165, 1.54) is 29.3 Å². The average molecular weight is 441 g/mol. The van der Waals surface area contributed by atoms with E-state index in [4.69, 9.17) is 23.8 Å². The number of carbonyl (C=O) groups excluding carboxylic acids is 2. The van der Waals surface area contributed by atoms with Gasteiger partial charge < -0.3 is 23.8 Å². The standard InChI is InChI=1S/C23H20FNO7/c24-14-1-3-15(4-2-14)28-12-19-17(18-6-5-16-11-20(18)30-13-29-16)9-10-25-23(19)31-21(26)7-8-22(27)32-25/h1-8,11,17,19,23H,9-10,12-13H2/b8-7-. The number of benzene rings is 2. The van der Waals surface area contributed by atoms with Crippen LogP contribution < -0.4 is 14.2 Å². The van der Waals surface area contributed by atoms with Crippen molar-refractivity contribution in [1.82, 2.24) is 5.06 Å². The lowest BCUT2D eigenvalue weighted by molar-refractivity contribution is -0.264. The van der Waals surface area contributed by atoms with Gasteiger partial charge in [-0.2, -0.15) is 0 Å². The van der Waals surface area contributed by atoms with E-state index < -0.39 is 24.1 Å². The van der Waals surface area contributed by atoms with Gasteiger partial charge in [-0.15, -0.1) is 0 Å². The lowest BCUT2D eigenvalue weighted by Gasteiger charge is -2.43. The normalized spacial score (nSPS) is 25.7. The molecule has 0 spiro atoms. The third-order valence-corrected chi connectivity index (χ3v) is 5.71. The Morgan fingerprint density at radius 2 is 1.84 bits per heavy atom. The Morgan fingerprint density at radius 1 is 1.03 bits per heavy atom. The predicted molar refractivity (Wildman–Crippen MR) is 107 cm³/mol. The van der Waals surface area contributed by atoms with Crippen LogP contribution >= 0.6 is 0 Å². The van der Waals surface area contributed by atoms with Crippen molar-refractivity contribution >= 4 is 11.9 Å². The van der Waals surface area contributed by atoms with Gasteiger partial charge in [-0.3, -0.25) is 0 Å².